The number of fused-ring (bicyclic) bond motifs is 5. The maximum absolute atomic E-state index is 3.55. The normalized spacial score (nSPS) is 12.2. The van der Waals surface area contributed by atoms with Crippen LogP contribution in [0.15, 0.2) is 47.2 Å². The molecule has 90 valence electrons. The van der Waals surface area contributed by atoms with Gasteiger partial charge in [-0.3, -0.25) is 0 Å². The van der Waals surface area contributed by atoms with Crippen molar-refractivity contribution in [3.05, 3.63) is 47.2 Å². The molecule has 5 aromatic rings. The van der Waals surface area contributed by atoms with E-state index in [1.165, 1.54) is 42.0 Å². The number of thiophene rings is 2. The Balaban J connectivity index is 2.06. The number of hydrogen-bond donors (Lipinski definition) is 1. The van der Waals surface area contributed by atoms with Crippen LogP contribution >= 0.6 is 22.7 Å². The lowest BCUT2D eigenvalue weighted by atomic mass is 10.1. The zero-order valence-corrected chi connectivity index (χ0v) is 11.6. The van der Waals surface area contributed by atoms with Crippen LogP contribution in [0.25, 0.3) is 42.0 Å². The highest BCUT2D eigenvalue weighted by atomic mass is 32.1. The van der Waals surface area contributed by atoms with Crippen molar-refractivity contribution in [2.75, 3.05) is 0 Å². The second kappa shape index (κ2) is 3.38. The minimum absolute atomic E-state index is 1.23. The fourth-order valence-electron chi connectivity index (χ4n) is 2.82. The summed E-state index contributed by atoms with van der Waals surface area (Å²) in [7, 11) is 0. The molecule has 0 aliphatic rings. The number of hydrogen-bond acceptors (Lipinski definition) is 2. The van der Waals surface area contributed by atoms with Gasteiger partial charge in [0.1, 0.15) is 0 Å². The van der Waals surface area contributed by atoms with E-state index >= 15 is 0 Å². The molecule has 1 nitrogen and oxygen atoms in total. The molecule has 0 spiro atoms. The van der Waals surface area contributed by atoms with E-state index in [2.05, 4.69) is 52.1 Å². The summed E-state index contributed by atoms with van der Waals surface area (Å²) < 4.78 is 2.72. The third-order valence-electron chi connectivity index (χ3n) is 3.74. The highest BCUT2D eigenvalue weighted by Gasteiger charge is 2.08. The first-order valence-corrected chi connectivity index (χ1v) is 7.94. The van der Waals surface area contributed by atoms with Crippen molar-refractivity contribution in [2.24, 2.45) is 0 Å². The van der Waals surface area contributed by atoms with Crippen molar-refractivity contribution in [3.63, 3.8) is 0 Å². The highest BCUT2D eigenvalue weighted by Crippen LogP contribution is 2.34. The van der Waals surface area contributed by atoms with E-state index in [-0.39, 0.29) is 0 Å². The summed E-state index contributed by atoms with van der Waals surface area (Å²) in [5.41, 5.74) is 2.47. The molecular formula is C16H9NS2. The maximum atomic E-state index is 3.55. The third-order valence-corrected chi connectivity index (χ3v) is 5.50. The van der Waals surface area contributed by atoms with Gasteiger partial charge in [-0.15, -0.1) is 22.7 Å². The first-order valence-electron chi connectivity index (χ1n) is 6.18. The molecule has 0 fully saturated rings. The smallest absolute Gasteiger partial charge is 0.0471 e. The van der Waals surface area contributed by atoms with E-state index < -0.39 is 0 Å². The quantitative estimate of drug-likeness (QED) is 0.371. The summed E-state index contributed by atoms with van der Waals surface area (Å²) in [5, 5.41) is 9.63. The van der Waals surface area contributed by atoms with Crippen LogP contribution < -0.4 is 0 Å². The highest BCUT2D eigenvalue weighted by molar-refractivity contribution is 7.17. The van der Waals surface area contributed by atoms with Gasteiger partial charge in [0.25, 0.3) is 0 Å². The zero-order valence-electron chi connectivity index (χ0n) is 9.94. The lowest BCUT2D eigenvalue weighted by molar-refractivity contribution is 1.57. The van der Waals surface area contributed by atoms with Gasteiger partial charge in [0.15, 0.2) is 0 Å². The van der Waals surface area contributed by atoms with E-state index in [0.717, 1.165) is 0 Å². The van der Waals surface area contributed by atoms with Crippen LogP contribution in [0.1, 0.15) is 0 Å². The molecule has 19 heavy (non-hydrogen) atoms. The van der Waals surface area contributed by atoms with Crippen LogP contribution in [-0.4, -0.2) is 4.98 Å². The molecule has 0 radical (unpaired) electrons. The van der Waals surface area contributed by atoms with Gasteiger partial charge in [-0.05, 0) is 57.9 Å². The van der Waals surface area contributed by atoms with Crippen molar-refractivity contribution in [1.82, 2.24) is 4.98 Å². The molecule has 1 N–H and O–H groups in total. The summed E-state index contributed by atoms with van der Waals surface area (Å²) in [4.78, 5) is 3.55. The maximum Gasteiger partial charge on any atom is 0.0471 e. The van der Waals surface area contributed by atoms with Gasteiger partial charge < -0.3 is 4.98 Å². The number of aromatic nitrogens is 1. The molecule has 3 heterocycles. The Hall–Kier alpha value is -1.84. The van der Waals surface area contributed by atoms with Gasteiger partial charge in [0, 0.05) is 31.2 Å². The number of aromatic amines is 1. The van der Waals surface area contributed by atoms with Crippen LogP contribution in [0, 0.1) is 0 Å². The van der Waals surface area contributed by atoms with Crippen molar-refractivity contribution < 1.29 is 0 Å². The van der Waals surface area contributed by atoms with E-state index in [4.69, 9.17) is 0 Å². The molecule has 0 saturated heterocycles. The van der Waals surface area contributed by atoms with Crippen LogP contribution in [-0.2, 0) is 0 Å². The summed E-state index contributed by atoms with van der Waals surface area (Å²) in [6, 6.07) is 13.5. The Morgan fingerprint density at radius 1 is 0.684 bits per heavy atom. The lowest BCUT2D eigenvalue weighted by Gasteiger charge is -1.93. The van der Waals surface area contributed by atoms with Crippen molar-refractivity contribution in [2.45, 2.75) is 0 Å². The summed E-state index contributed by atoms with van der Waals surface area (Å²) in [6.45, 7) is 0. The molecule has 0 amide bonds. The van der Waals surface area contributed by atoms with Gasteiger partial charge >= 0.3 is 0 Å². The van der Waals surface area contributed by atoms with E-state index in [9.17, 15) is 0 Å². The Bertz CT molecular complexity index is 977. The minimum atomic E-state index is 1.23. The molecule has 5 rings (SSSR count). The molecule has 0 aliphatic heterocycles. The molecule has 0 aliphatic carbocycles. The van der Waals surface area contributed by atoms with Crippen LogP contribution in [0.2, 0.25) is 0 Å². The molecule has 0 saturated carbocycles. The second-order valence-electron chi connectivity index (χ2n) is 4.84. The Kier molecular flexibility index (Phi) is 1.78. The van der Waals surface area contributed by atoms with Gasteiger partial charge in [-0.1, -0.05) is 0 Å². The lowest BCUT2D eigenvalue weighted by Crippen LogP contribution is -1.67. The zero-order chi connectivity index (χ0) is 12.4. The van der Waals surface area contributed by atoms with Crippen molar-refractivity contribution >= 4 is 64.7 Å². The standard InChI is InChI=1S/C16H9NS2/c1-3-18-15-7-11-12-8-16-10(2-4-19-16)6-14(12)17-13(11)5-9(1)15/h1-8,17H. The third kappa shape index (κ3) is 1.29. The van der Waals surface area contributed by atoms with Gasteiger partial charge in [-0.2, -0.15) is 0 Å². The Labute approximate surface area is 117 Å². The second-order valence-corrected chi connectivity index (χ2v) is 6.73. The average Bonchev–Trinajstić information content (AvgIpc) is 3.10. The van der Waals surface area contributed by atoms with E-state index in [1.807, 2.05) is 22.7 Å². The monoisotopic (exact) mass is 279 g/mol. The van der Waals surface area contributed by atoms with Crippen LogP contribution in [0.4, 0.5) is 0 Å². The van der Waals surface area contributed by atoms with Gasteiger partial charge in [0.2, 0.25) is 0 Å². The van der Waals surface area contributed by atoms with Gasteiger partial charge in [0.05, 0.1) is 0 Å². The topological polar surface area (TPSA) is 15.8 Å². The molecule has 0 unspecified atom stereocenters. The largest absolute Gasteiger partial charge is 0.354 e. The first-order chi connectivity index (χ1) is 9.38. The van der Waals surface area contributed by atoms with Crippen molar-refractivity contribution in [3.8, 4) is 0 Å². The number of rotatable bonds is 0. The molecule has 3 aromatic heterocycles. The van der Waals surface area contributed by atoms with E-state index in [0.29, 0.717) is 0 Å². The van der Waals surface area contributed by atoms with Crippen LogP contribution in [0.5, 0.6) is 0 Å². The SMILES string of the molecule is c1cc2cc3[nH]c4cc5ccsc5cc4c3cc2s1. The fraction of sp³-hybridized carbons (Fsp3) is 0. The molecule has 0 bridgehead atoms. The average molecular weight is 279 g/mol. The molecular weight excluding hydrogens is 270 g/mol. The summed E-state index contributed by atoms with van der Waals surface area (Å²) in [5.74, 6) is 0. The van der Waals surface area contributed by atoms with Crippen molar-refractivity contribution in [1.29, 1.82) is 0 Å². The Morgan fingerprint density at radius 3 is 1.74 bits per heavy atom. The minimum Gasteiger partial charge on any atom is -0.354 e. The summed E-state index contributed by atoms with van der Waals surface area (Å²) in [6.07, 6.45) is 0. The number of nitrogens with one attached hydrogen (secondary N) is 1. The number of H-pyrrole nitrogens is 1. The molecule has 2 aromatic carbocycles. The number of benzene rings is 2. The first kappa shape index (κ1) is 10.0. The predicted octanol–water partition coefficient (Wildman–Crippen LogP) is 5.75. The molecule has 3 heteroatoms. The predicted molar refractivity (Wildman–Crippen MR) is 86.6 cm³/mol. The van der Waals surface area contributed by atoms with Gasteiger partial charge in [-0.25, -0.2) is 0 Å². The Morgan fingerprint density at radius 2 is 1.21 bits per heavy atom. The fourth-order valence-corrected chi connectivity index (χ4v) is 4.44. The van der Waals surface area contributed by atoms with E-state index in [1.54, 1.807) is 0 Å². The summed E-state index contributed by atoms with van der Waals surface area (Å²) >= 11 is 3.62. The van der Waals surface area contributed by atoms with Crippen LogP contribution in [0.3, 0.4) is 0 Å². The molecule has 0 atom stereocenters.